The van der Waals surface area contributed by atoms with Crippen molar-refractivity contribution in [3.05, 3.63) is 58.9 Å². The molecule has 0 spiro atoms. The third kappa shape index (κ3) is 2.16. The van der Waals surface area contributed by atoms with Crippen LogP contribution in [-0.2, 0) is 6.54 Å². The molecule has 0 bridgehead atoms. The zero-order chi connectivity index (χ0) is 16.7. The van der Waals surface area contributed by atoms with Gasteiger partial charge in [-0.1, -0.05) is 12.1 Å². The third-order valence-electron chi connectivity index (χ3n) is 3.83. The quantitative estimate of drug-likeness (QED) is 0.612. The second-order valence-electron chi connectivity index (χ2n) is 5.27. The van der Waals surface area contributed by atoms with Gasteiger partial charge in [0, 0.05) is 18.3 Å². The molecular formula is C16H12FN5O2. The van der Waals surface area contributed by atoms with E-state index in [4.69, 9.17) is 5.11 Å². The fourth-order valence-electron chi connectivity index (χ4n) is 2.65. The lowest BCUT2D eigenvalue weighted by Crippen LogP contribution is -2.23. The predicted molar refractivity (Wildman–Crippen MR) is 85.0 cm³/mol. The molecule has 4 aromatic rings. The summed E-state index contributed by atoms with van der Waals surface area (Å²) >= 11 is 0. The van der Waals surface area contributed by atoms with Crippen molar-refractivity contribution < 1.29 is 9.50 Å². The molecule has 0 atom stereocenters. The summed E-state index contributed by atoms with van der Waals surface area (Å²) in [4.78, 5) is 12.3. The lowest BCUT2D eigenvalue weighted by Gasteiger charge is -2.05. The van der Waals surface area contributed by atoms with Gasteiger partial charge in [0.25, 0.3) is 5.56 Å². The summed E-state index contributed by atoms with van der Waals surface area (Å²) in [5, 5.41) is 21.4. The highest BCUT2D eigenvalue weighted by molar-refractivity contribution is 5.82. The van der Waals surface area contributed by atoms with Gasteiger partial charge in [-0.3, -0.25) is 4.79 Å². The van der Waals surface area contributed by atoms with Crippen molar-refractivity contribution >= 4 is 16.7 Å². The molecule has 0 aliphatic carbocycles. The van der Waals surface area contributed by atoms with Gasteiger partial charge >= 0.3 is 0 Å². The van der Waals surface area contributed by atoms with Crippen LogP contribution in [0.25, 0.3) is 27.8 Å². The Labute approximate surface area is 134 Å². The molecule has 7 nitrogen and oxygen atoms in total. The lowest BCUT2D eigenvalue weighted by atomic mass is 10.1. The van der Waals surface area contributed by atoms with Crippen LogP contribution < -0.4 is 5.56 Å². The Morgan fingerprint density at radius 2 is 1.92 bits per heavy atom. The number of aliphatic hydroxyl groups excluding tert-OH is 1. The molecule has 0 aliphatic heterocycles. The van der Waals surface area contributed by atoms with E-state index in [2.05, 4.69) is 15.3 Å². The van der Waals surface area contributed by atoms with Crippen molar-refractivity contribution in [1.82, 2.24) is 24.4 Å². The molecule has 0 radical (unpaired) electrons. The Bertz CT molecular complexity index is 1100. The predicted octanol–water partition coefficient (Wildman–Crippen LogP) is 1.24. The number of pyridine rings is 1. The van der Waals surface area contributed by atoms with Crippen LogP contribution >= 0.6 is 0 Å². The van der Waals surface area contributed by atoms with Crippen molar-refractivity contribution in [2.45, 2.75) is 6.54 Å². The highest BCUT2D eigenvalue weighted by Crippen LogP contribution is 2.24. The fourth-order valence-corrected chi connectivity index (χ4v) is 2.65. The zero-order valence-corrected chi connectivity index (χ0v) is 12.4. The van der Waals surface area contributed by atoms with E-state index < -0.39 is 0 Å². The van der Waals surface area contributed by atoms with Crippen molar-refractivity contribution in [2.75, 3.05) is 6.61 Å². The van der Waals surface area contributed by atoms with E-state index in [-0.39, 0.29) is 30.0 Å². The van der Waals surface area contributed by atoms with Gasteiger partial charge < -0.3 is 9.67 Å². The molecule has 24 heavy (non-hydrogen) atoms. The molecule has 0 amide bonds. The van der Waals surface area contributed by atoms with Crippen LogP contribution in [0, 0.1) is 5.82 Å². The summed E-state index contributed by atoms with van der Waals surface area (Å²) in [6.07, 6.45) is 3.19. The van der Waals surface area contributed by atoms with Gasteiger partial charge in [-0.2, -0.15) is 5.10 Å². The highest BCUT2D eigenvalue weighted by atomic mass is 19.1. The van der Waals surface area contributed by atoms with E-state index >= 15 is 0 Å². The monoisotopic (exact) mass is 325 g/mol. The number of aromatic nitrogens is 5. The first-order valence-corrected chi connectivity index (χ1v) is 7.29. The standard InChI is InChI=1S/C16H12FN5O2/c17-11-3-1-10(2-4-11)12-9-18-22-13-5-6-21(7-8-23)16(24)14(13)19-20-15(12)22/h1-6,9,23H,7-8H2. The summed E-state index contributed by atoms with van der Waals surface area (Å²) in [5.74, 6) is -0.323. The molecule has 1 N–H and O–H groups in total. The van der Waals surface area contributed by atoms with E-state index in [1.54, 1.807) is 30.6 Å². The number of halogens is 1. The minimum Gasteiger partial charge on any atom is -0.395 e. The third-order valence-corrected chi connectivity index (χ3v) is 3.83. The molecule has 4 rings (SSSR count). The van der Waals surface area contributed by atoms with Gasteiger partial charge in [0.1, 0.15) is 11.3 Å². The van der Waals surface area contributed by atoms with Gasteiger partial charge in [-0.25, -0.2) is 8.91 Å². The lowest BCUT2D eigenvalue weighted by molar-refractivity contribution is 0.274. The average Bonchev–Trinajstić information content (AvgIpc) is 3.02. The van der Waals surface area contributed by atoms with Crippen LogP contribution in [0.5, 0.6) is 0 Å². The number of fused-ring (bicyclic) bond motifs is 3. The van der Waals surface area contributed by atoms with Crippen LogP contribution in [0.1, 0.15) is 0 Å². The first-order valence-electron chi connectivity index (χ1n) is 7.29. The number of hydrogen-bond acceptors (Lipinski definition) is 5. The molecule has 0 aliphatic rings. The summed E-state index contributed by atoms with van der Waals surface area (Å²) in [6.45, 7) is 0.0476. The molecule has 0 saturated heterocycles. The van der Waals surface area contributed by atoms with Gasteiger partial charge in [0.15, 0.2) is 11.2 Å². The van der Waals surface area contributed by atoms with Crippen LogP contribution in [0.3, 0.4) is 0 Å². The van der Waals surface area contributed by atoms with E-state index in [9.17, 15) is 9.18 Å². The topological polar surface area (TPSA) is 85.3 Å². The van der Waals surface area contributed by atoms with Crippen LogP contribution in [0.2, 0.25) is 0 Å². The van der Waals surface area contributed by atoms with Crippen molar-refractivity contribution in [3.63, 3.8) is 0 Å². The van der Waals surface area contributed by atoms with Gasteiger partial charge in [-0.15, -0.1) is 10.2 Å². The average molecular weight is 325 g/mol. The Morgan fingerprint density at radius 1 is 1.12 bits per heavy atom. The molecule has 120 valence electrons. The molecule has 0 fully saturated rings. The molecule has 1 aromatic carbocycles. The maximum absolute atomic E-state index is 13.1. The second-order valence-corrected chi connectivity index (χ2v) is 5.27. The molecule has 0 saturated carbocycles. The first-order chi connectivity index (χ1) is 11.7. The van der Waals surface area contributed by atoms with Crippen LogP contribution in [0.4, 0.5) is 4.39 Å². The maximum atomic E-state index is 13.1. The number of hydrogen-bond donors (Lipinski definition) is 1. The highest BCUT2D eigenvalue weighted by Gasteiger charge is 2.14. The van der Waals surface area contributed by atoms with Gasteiger partial charge in [-0.05, 0) is 23.8 Å². The largest absolute Gasteiger partial charge is 0.395 e. The number of rotatable bonds is 3. The van der Waals surface area contributed by atoms with Crippen molar-refractivity contribution in [2.24, 2.45) is 0 Å². The van der Waals surface area contributed by atoms with Crippen LogP contribution in [-0.4, -0.2) is 36.1 Å². The number of nitrogens with zero attached hydrogens (tertiary/aromatic N) is 5. The minimum absolute atomic E-state index is 0.141. The summed E-state index contributed by atoms with van der Waals surface area (Å²) in [6, 6.07) is 7.70. The smallest absolute Gasteiger partial charge is 0.280 e. The Balaban J connectivity index is 1.96. The van der Waals surface area contributed by atoms with Gasteiger partial charge in [0.05, 0.1) is 12.8 Å². The number of aliphatic hydroxyl groups is 1. The maximum Gasteiger partial charge on any atom is 0.280 e. The number of benzene rings is 1. The Morgan fingerprint density at radius 3 is 2.67 bits per heavy atom. The molecule has 8 heteroatoms. The summed E-state index contributed by atoms with van der Waals surface area (Å²) < 4.78 is 16.0. The SMILES string of the molecule is O=c1c2nnc3c(-c4ccc(F)cc4)cnn3c2ccn1CCO. The molecule has 3 aromatic heterocycles. The van der Waals surface area contributed by atoms with Crippen molar-refractivity contribution in [3.8, 4) is 11.1 Å². The molecular weight excluding hydrogens is 313 g/mol. The zero-order valence-electron chi connectivity index (χ0n) is 12.4. The van der Waals surface area contributed by atoms with E-state index in [0.29, 0.717) is 16.7 Å². The molecule has 3 heterocycles. The van der Waals surface area contributed by atoms with Gasteiger partial charge in [0.2, 0.25) is 0 Å². The first kappa shape index (κ1) is 14.5. The second kappa shape index (κ2) is 5.50. The minimum atomic E-state index is -0.338. The van der Waals surface area contributed by atoms with E-state index in [1.807, 2.05) is 0 Å². The summed E-state index contributed by atoms with van der Waals surface area (Å²) in [5.41, 5.74) is 2.29. The Kier molecular flexibility index (Phi) is 3.31. The fraction of sp³-hybridized carbons (Fsp3) is 0.125. The van der Waals surface area contributed by atoms with E-state index in [1.165, 1.54) is 21.2 Å². The van der Waals surface area contributed by atoms with E-state index in [0.717, 1.165) is 5.56 Å². The Hall–Kier alpha value is -3.13. The molecule has 0 unspecified atom stereocenters. The summed E-state index contributed by atoms with van der Waals surface area (Å²) in [7, 11) is 0. The van der Waals surface area contributed by atoms with Crippen LogP contribution in [0.15, 0.2) is 47.5 Å². The normalized spacial score (nSPS) is 11.4. The van der Waals surface area contributed by atoms with Crippen molar-refractivity contribution in [1.29, 1.82) is 0 Å².